The lowest BCUT2D eigenvalue weighted by Gasteiger charge is -2.13. The van der Waals surface area contributed by atoms with Crippen molar-refractivity contribution in [2.24, 2.45) is 5.92 Å². The number of rotatable bonds is 8. The van der Waals surface area contributed by atoms with Crippen molar-refractivity contribution in [2.75, 3.05) is 26.0 Å². The highest BCUT2D eigenvalue weighted by Gasteiger charge is 2.05. The van der Waals surface area contributed by atoms with Gasteiger partial charge in [0, 0.05) is 17.2 Å². The van der Waals surface area contributed by atoms with Gasteiger partial charge in [0.25, 0.3) is 0 Å². The van der Waals surface area contributed by atoms with Crippen LogP contribution in [0.4, 0.5) is 0 Å². The second-order valence-electron chi connectivity index (χ2n) is 4.70. The van der Waals surface area contributed by atoms with Crippen LogP contribution in [-0.2, 0) is 0 Å². The van der Waals surface area contributed by atoms with Gasteiger partial charge in [0.2, 0.25) is 0 Å². The number of aliphatic hydroxyl groups is 1. The molecule has 0 aliphatic carbocycles. The molecule has 0 spiro atoms. The molecule has 1 rings (SSSR count). The van der Waals surface area contributed by atoms with E-state index in [0.717, 1.165) is 17.2 Å². The first-order chi connectivity index (χ1) is 8.61. The average molecular weight is 269 g/mol. The lowest BCUT2D eigenvalue weighted by molar-refractivity contribution is 0.194. The number of methoxy groups -OCH3 is 1. The van der Waals surface area contributed by atoms with E-state index in [1.165, 1.54) is 0 Å². The van der Waals surface area contributed by atoms with Crippen LogP contribution in [0.3, 0.4) is 0 Å². The van der Waals surface area contributed by atoms with Gasteiger partial charge < -0.3 is 15.2 Å². The molecule has 2 N–H and O–H groups in total. The zero-order valence-corrected chi connectivity index (χ0v) is 12.2. The number of hydrogen-bond acceptors (Lipinski definition) is 4. The van der Waals surface area contributed by atoms with Crippen molar-refractivity contribution in [1.29, 1.82) is 0 Å². The van der Waals surface area contributed by atoms with Gasteiger partial charge in [-0.1, -0.05) is 19.9 Å². The molecule has 0 aromatic heterocycles. The Morgan fingerprint density at radius 1 is 1.33 bits per heavy atom. The van der Waals surface area contributed by atoms with Crippen molar-refractivity contribution in [3.8, 4) is 5.75 Å². The third kappa shape index (κ3) is 6.28. The first kappa shape index (κ1) is 15.3. The quantitative estimate of drug-likeness (QED) is 0.711. The summed E-state index contributed by atoms with van der Waals surface area (Å²) in [6.07, 6.45) is -0.319. The van der Waals surface area contributed by atoms with Crippen LogP contribution in [0.1, 0.15) is 13.8 Å². The summed E-state index contributed by atoms with van der Waals surface area (Å²) >= 11 is 1.65. The largest absolute Gasteiger partial charge is 0.497 e. The van der Waals surface area contributed by atoms with Gasteiger partial charge >= 0.3 is 0 Å². The summed E-state index contributed by atoms with van der Waals surface area (Å²) in [6.45, 7) is 5.91. The minimum atomic E-state index is -0.319. The summed E-state index contributed by atoms with van der Waals surface area (Å²) in [7, 11) is 1.66. The second kappa shape index (κ2) is 8.40. The van der Waals surface area contributed by atoms with Gasteiger partial charge in [0.1, 0.15) is 5.75 Å². The van der Waals surface area contributed by atoms with Crippen molar-refractivity contribution in [1.82, 2.24) is 5.32 Å². The van der Waals surface area contributed by atoms with Crippen LogP contribution < -0.4 is 10.1 Å². The number of nitrogens with one attached hydrogen (secondary N) is 1. The van der Waals surface area contributed by atoms with E-state index in [1.807, 2.05) is 24.3 Å². The van der Waals surface area contributed by atoms with Gasteiger partial charge in [-0.2, -0.15) is 0 Å². The highest BCUT2D eigenvalue weighted by Crippen LogP contribution is 2.23. The van der Waals surface area contributed by atoms with Crippen LogP contribution >= 0.6 is 11.8 Å². The molecule has 18 heavy (non-hydrogen) atoms. The van der Waals surface area contributed by atoms with E-state index in [0.29, 0.717) is 18.2 Å². The Hall–Kier alpha value is -0.710. The third-order valence-corrected chi connectivity index (χ3v) is 3.55. The van der Waals surface area contributed by atoms with Crippen LogP contribution in [0.5, 0.6) is 5.75 Å². The van der Waals surface area contributed by atoms with Crippen LogP contribution in [0.25, 0.3) is 0 Å². The van der Waals surface area contributed by atoms with E-state index in [2.05, 4.69) is 19.2 Å². The minimum absolute atomic E-state index is 0.319. The fourth-order valence-electron chi connectivity index (χ4n) is 1.48. The van der Waals surface area contributed by atoms with Crippen molar-refractivity contribution >= 4 is 11.8 Å². The molecular weight excluding hydrogens is 246 g/mol. The molecule has 0 aliphatic heterocycles. The maximum atomic E-state index is 9.84. The van der Waals surface area contributed by atoms with Crippen LogP contribution in [0.15, 0.2) is 29.2 Å². The lowest BCUT2D eigenvalue weighted by atomic mass is 10.2. The van der Waals surface area contributed by atoms with E-state index >= 15 is 0 Å². The molecule has 3 nitrogen and oxygen atoms in total. The van der Waals surface area contributed by atoms with Gasteiger partial charge in [-0.15, -0.1) is 11.8 Å². The number of thioether (sulfide) groups is 1. The van der Waals surface area contributed by atoms with Gasteiger partial charge in [-0.05, 0) is 30.7 Å². The maximum absolute atomic E-state index is 9.84. The van der Waals surface area contributed by atoms with E-state index in [9.17, 15) is 5.11 Å². The monoisotopic (exact) mass is 269 g/mol. The molecule has 1 aromatic rings. The first-order valence-electron chi connectivity index (χ1n) is 6.27. The van der Waals surface area contributed by atoms with E-state index < -0.39 is 0 Å². The lowest BCUT2D eigenvalue weighted by Crippen LogP contribution is -2.30. The average Bonchev–Trinajstić information content (AvgIpc) is 2.36. The Morgan fingerprint density at radius 3 is 2.78 bits per heavy atom. The Morgan fingerprint density at radius 2 is 2.11 bits per heavy atom. The summed E-state index contributed by atoms with van der Waals surface area (Å²) in [4.78, 5) is 1.12. The standard InChI is InChI=1S/C14H23NO2S/c1-11(2)8-15-9-12(16)10-18-14-6-4-5-13(7-14)17-3/h4-7,11-12,15-16H,8-10H2,1-3H3. The highest BCUT2D eigenvalue weighted by atomic mass is 32.2. The summed E-state index contributed by atoms with van der Waals surface area (Å²) in [5.41, 5.74) is 0. The summed E-state index contributed by atoms with van der Waals surface area (Å²) in [5.74, 6) is 2.16. The Balaban J connectivity index is 2.26. The number of hydrogen-bond donors (Lipinski definition) is 2. The van der Waals surface area contributed by atoms with Gasteiger partial charge in [0.15, 0.2) is 0 Å². The Labute approximate surface area is 114 Å². The Bertz CT molecular complexity index is 344. The summed E-state index contributed by atoms with van der Waals surface area (Å²) in [5, 5.41) is 13.1. The molecule has 0 radical (unpaired) electrons. The number of aliphatic hydroxyl groups excluding tert-OH is 1. The molecule has 0 saturated heterocycles. The SMILES string of the molecule is COc1cccc(SCC(O)CNCC(C)C)c1. The number of ether oxygens (including phenoxy) is 1. The molecule has 0 fully saturated rings. The fraction of sp³-hybridized carbons (Fsp3) is 0.571. The molecule has 1 atom stereocenters. The zero-order chi connectivity index (χ0) is 13.4. The molecular formula is C14H23NO2S. The van der Waals surface area contributed by atoms with Crippen LogP contribution in [0, 0.1) is 5.92 Å². The number of benzene rings is 1. The molecule has 1 aromatic carbocycles. The van der Waals surface area contributed by atoms with Gasteiger partial charge in [0.05, 0.1) is 13.2 Å². The van der Waals surface area contributed by atoms with E-state index in [-0.39, 0.29) is 6.10 Å². The second-order valence-corrected chi connectivity index (χ2v) is 5.79. The zero-order valence-electron chi connectivity index (χ0n) is 11.3. The topological polar surface area (TPSA) is 41.5 Å². The van der Waals surface area contributed by atoms with E-state index in [4.69, 9.17) is 4.74 Å². The normalized spacial score (nSPS) is 12.7. The summed E-state index contributed by atoms with van der Waals surface area (Å²) < 4.78 is 5.16. The predicted molar refractivity (Wildman–Crippen MR) is 77.4 cm³/mol. The molecule has 0 saturated carbocycles. The smallest absolute Gasteiger partial charge is 0.119 e. The molecule has 4 heteroatoms. The molecule has 0 aliphatic rings. The molecule has 0 bridgehead atoms. The third-order valence-electron chi connectivity index (χ3n) is 2.42. The summed E-state index contributed by atoms with van der Waals surface area (Å²) in [6, 6.07) is 7.90. The van der Waals surface area contributed by atoms with Crippen molar-refractivity contribution < 1.29 is 9.84 Å². The van der Waals surface area contributed by atoms with Crippen LogP contribution in [0.2, 0.25) is 0 Å². The highest BCUT2D eigenvalue weighted by molar-refractivity contribution is 7.99. The molecule has 0 heterocycles. The maximum Gasteiger partial charge on any atom is 0.119 e. The Kier molecular flexibility index (Phi) is 7.16. The first-order valence-corrected chi connectivity index (χ1v) is 7.26. The van der Waals surface area contributed by atoms with Crippen molar-refractivity contribution in [3.05, 3.63) is 24.3 Å². The molecule has 102 valence electrons. The van der Waals surface area contributed by atoms with Crippen LogP contribution in [-0.4, -0.2) is 37.2 Å². The fourth-order valence-corrected chi connectivity index (χ4v) is 2.36. The van der Waals surface area contributed by atoms with Gasteiger partial charge in [-0.3, -0.25) is 0 Å². The van der Waals surface area contributed by atoms with Crippen molar-refractivity contribution in [2.45, 2.75) is 24.8 Å². The van der Waals surface area contributed by atoms with Crippen molar-refractivity contribution in [3.63, 3.8) is 0 Å². The van der Waals surface area contributed by atoms with E-state index in [1.54, 1.807) is 18.9 Å². The van der Waals surface area contributed by atoms with Gasteiger partial charge in [-0.25, -0.2) is 0 Å². The molecule has 1 unspecified atom stereocenters. The minimum Gasteiger partial charge on any atom is -0.497 e. The predicted octanol–water partition coefficient (Wildman–Crippen LogP) is 2.39. The molecule has 0 amide bonds.